The molecule has 106 valence electrons. The summed E-state index contributed by atoms with van der Waals surface area (Å²) in [5.74, 6) is 2.07. The molecule has 3 nitrogen and oxygen atoms in total. The number of thiophene rings is 1. The van der Waals surface area contributed by atoms with Crippen LogP contribution in [0.4, 0.5) is 0 Å². The van der Waals surface area contributed by atoms with Gasteiger partial charge in [0.2, 0.25) is 0 Å². The van der Waals surface area contributed by atoms with E-state index in [9.17, 15) is 5.11 Å². The Morgan fingerprint density at radius 1 is 1.40 bits per heavy atom. The molecular formula is C16H18O3S. The molecule has 2 heterocycles. The van der Waals surface area contributed by atoms with Crippen LogP contribution in [0.1, 0.15) is 35.3 Å². The minimum Gasteiger partial charge on any atom is -0.495 e. The van der Waals surface area contributed by atoms with Crippen molar-refractivity contribution in [1.82, 2.24) is 0 Å². The van der Waals surface area contributed by atoms with Crippen molar-refractivity contribution in [3.63, 3.8) is 0 Å². The lowest BCUT2D eigenvalue weighted by Crippen LogP contribution is -2.16. The quantitative estimate of drug-likeness (QED) is 0.932. The van der Waals surface area contributed by atoms with Crippen molar-refractivity contribution in [2.75, 3.05) is 13.7 Å². The molecule has 3 rings (SSSR count). The number of rotatable bonds is 4. The molecule has 0 saturated heterocycles. The fourth-order valence-corrected chi connectivity index (χ4v) is 3.62. The van der Waals surface area contributed by atoms with E-state index in [-0.39, 0.29) is 0 Å². The van der Waals surface area contributed by atoms with Crippen LogP contribution in [0.15, 0.2) is 35.7 Å². The Balaban J connectivity index is 1.79. The molecule has 0 bridgehead atoms. The predicted octanol–water partition coefficient (Wildman–Crippen LogP) is 3.75. The largest absolute Gasteiger partial charge is 0.495 e. The van der Waals surface area contributed by atoms with E-state index in [1.165, 1.54) is 5.56 Å². The average Bonchev–Trinajstić information content (AvgIpc) is 2.96. The van der Waals surface area contributed by atoms with Crippen LogP contribution >= 0.6 is 11.3 Å². The van der Waals surface area contributed by atoms with E-state index in [0.29, 0.717) is 12.3 Å². The second kappa shape index (κ2) is 5.85. The number of hydrogen-bond donors (Lipinski definition) is 1. The molecule has 0 aliphatic carbocycles. The number of benzene rings is 1. The van der Waals surface area contributed by atoms with Crippen LogP contribution in [0, 0.1) is 0 Å². The van der Waals surface area contributed by atoms with Crippen molar-refractivity contribution in [2.45, 2.75) is 24.9 Å². The number of fused-ring (bicyclic) bond motifs is 1. The van der Waals surface area contributed by atoms with Crippen LogP contribution in [0.5, 0.6) is 11.5 Å². The van der Waals surface area contributed by atoms with E-state index in [2.05, 4.69) is 6.07 Å². The maximum atomic E-state index is 10.5. The number of ether oxygens (including phenoxy) is 2. The van der Waals surface area contributed by atoms with Gasteiger partial charge in [-0.15, -0.1) is 11.3 Å². The van der Waals surface area contributed by atoms with E-state index in [1.54, 1.807) is 18.4 Å². The van der Waals surface area contributed by atoms with Crippen LogP contribution in [-0.2, 0) is 0 Å². The summed E-state index contributed by atoms with van der Waals surface area (Å²) in [7, 11) is 1.64. The molecule has 2 atom stereocenters. The summed E-state index contributed by atoms with van der Waals surface area (Å²) in [4.78, 5) is 0.913. The molecule has 0 spiro atoms. The number of aliphatic hydroxyl groups is 1. The van der Waals surface area contributed by atoms with Gasteiger partial charge in [-0.05, 0) is 41.8 Å². The molecule has 1 aliphatic rings. The van der Waals surface area contributed by atoms with Gasteiger partial charge in [0.1, 0.15) is 11.5 Å². The summed E-state index contributed by atoms with van der Waals surface area (Å²) in [5.41, 5.74) is 1.20. The maximum absolute atomic E-state index is 10.5. The molecule has 1 aliphatic heterocycles. The molecule has 20 heavy (non-hydrogen) atoms. The minimum atomic E-state index is -0.485. The second-order valence-electron chi connectivity index (χ2n) is 4.98. The monoisotopic (exact) mass is 290 g/mol. The van der Waals surface area contributed by atoms with Crippen LogP contribution < -0.4 is 9.47 Å². The van der Waals surface area contributed by atoms with Gasteiger partial charge in [0.05, 0.1) is 24.7 Å². The summed E-state index contributed by atoms with van der Waals surface area (Å²) < 4.78 is 11.0. The maximum Gasteiger partial charge on any atom is 0.135 e. The van der Waals surface area contributed by atoms with Gasteiger partial charge in [-0.2, -0.15) is 0 Å². The van der Waals surface area contributed by atoms with Gasteiger partial charge in [-0.1, -0.05) is 18.2 Å². The molecule has 0 saturated carbocycles. The van der Waals surface area contributed by atoms with Gasteiger partial charge in [0, 0.05) is 0 Å². The summed E-state index contributed by atoms with van der Waals surface area (Å²) in [6.07, 6.45) is 1.17. The molecule has 0 fully saturated rings. The molecule has 1 aromatic heterocycles. The van der Waals surface area contributed by atoms with Gasteiger partial charge in [-0.25, -0.2) is 0 Å². The molecule has 1 aromatic carbocycles. The standard InChI is InChI=1S/C16H18O3S/c1-18-15-7-9-20-16(15)13(17)10-11-6-8-19-14-5-3-2-4-12(11)14/h2-5,7,9,11,13,17H,6,8,10H2,1H3. The molecule has 0 amide bonds. The highest BCUT2D eigenvalue weighted by molar-refractivity contribution is 7.10. The van der Waals surface area contributed by atoms with Crippen molar-refractivity contribution in [1.29, 1.82) is 0 Å². The third-order valence-corrected chi connectivity index (χ3v) is 4.77. The van der Waals surface area contributed by atoms with Crippen LogP contribution in [0.2, 0.25) is 0 Å². The van der Waals surface area contributed by atoms with Gasteiger partial charge >= 0.3 is 0 Å². The van der Waals surface area contributed by atoms with Crippen molar-refractivity contribution in [2.24, 2.45) is 0 Å². The van der Waals surface area contributed by atoms with Crippen molar-refractivity contribution in [3.05, 3.63) is 46.2 Å². The highest BCUT2D eigenvalue weighted by Gasteiger charge is 2.26. The third kappa shape index (κ3) is 2.53. The molecule has 4 heteroatoms. The Morgan fingerprint density at radius 3 is 3.10 bits per heavy atom. The summed E-state index contributed by atoms with van der Waals surface area (Å²) in [6, 6.07) is 10.0. The fourth-order valence-electron chi connectivity index (χ4n) is 2.76. The zero-order chi connectivity index (χ0) is 13.9. The van der Waals surface area contributed by atoms with Crippen LogP contribution in [-0.4, -0.2) is 18.8 Å². The SMILES string of the molecule is COc1ccsc1C(O)CC1CCOc2ccccc21. The lowest BCUT2D eigenvalue weighted by Gasteiger charge is -2.27. The smallest absolute Gasteiger partial charge is 0.135 e. The first-order valence-corrected chi connectivity index (χ1v) is 7.68. The zero-order valence-electron chi connectivity index (χ0n) is 11.4. The Morgan fingerprint density at radius 2 is 2.25 bits per heavy atom. The average molecular weight is 290 g/mol. The second-order valence-corrected chi connectivity index (χ2v) is 5.92. The Hall–Kier alpha value is -1.52. The van der Waals surface area contributed by atoms with E-state index in [1.807, 2.05) is 29.6 Å². The molecule has 0 radical (unpaired) electrons. The Bertz CT molecular complexity index is 579. The fraction of sp³-hybridized carbons (Fsp3) is 0.375. The molecule has 2 unspecified atom stereocenters. The number of hydrogen-bond acceptors (Lipinski definition) is 4. The van der Waals surface area contributed by atoms with E-state index in [0.717, 1.165) is 29.4 Å². The van der Waals surface area contributed by atoms with E-state index >= 15 is 0 Å². The first kappa shape index (κ1) is 13.5. The van der Waals surface area contributed by atoms with E-state index in [4.69, 9.17) is 9.47 Å². The van der Waals surface area contributed by atoms with Gasteiger partial charge in [-0.3, -0.25) is 0 Å². The van der Waals surface area contributed by atoms with Gasteiger partial charge < -0.3 is 14.6 Å². The molecular weight excluding hydrogens is 272 g/mol. The summed E-state index contributed by atoms with van der Waals surface area (Å²) in [5, 5.41) is 12.4. The highest BCUT2D eigenvalue weighted by Crippen LogP contribution is 2.41. The first-order chi connectivity index (χ1) is 9.79. The lowest BCUT2D eigenvalue weighted by atomic mass is 9.88. The Labute approximate surface area is 122 Å². The first-order valence-electron chi connectivity index (χ1n) is 6.80. The van der Waals surface area contributed by atoms with Gasteiger partial charge in [0.25, 0.3) is 0 Å². The van der Waals surface area contributed by atoms with Crippen molar-refractivity contribution >= 4 is 11.3 Å². The van der Waals surface area contributed by atoms with Crippen LogP contribution in [0.25, 0.3) is 0 Å². The topological polar surface area (TPSA) is 38.7 Å². The van der Waals surface area contributed by atoms with Crippen LogP contribution in [0.3, 0.4) is 0 Å². The predicted molar refractivity (Wildman–Crippen MR) is 79.7 cm³/mol. The van der Waals surface area contributed by atoms with Crippen molar-refractivity contribution < 1.29 is 14.6 Å². The van der Waals surface area contributed by atoms with Gasteiger partial charge in [0.15, 0.2) is 0 Å². The Kier molecular flexibility index (Phi) is 3.94. The van der Waals surface area contributed by atoms with Crippen molar-refractivity contribution in [3.8, 4) is 11.5 Å². The molecule has 2 aromatic rings. The normalized spacial score (nSPS) is 19.0. The molecule has 1 N–H and O–H groups in total. The lowest BCUT2D eigenvalue weighted by molar-refractivity contribution is 0.145. The number of para-hydroxylation sites is 1. The number of aliphatic hydroxyl groups excluding tert-OH is 1. The van der Waals surface area contributed by atoms with E-state index < -0.39 is 6.10 Å². The summed E-state index contributed by atoms with van der Waals surface area (Å²) in [6.45, 7) is 0.718. The summed E-state index contributed by atoms with van der Waals surface area (Å²) >= 11 is 1.55. The minimum absolute atomic E-state index is 0.335. The highest BCUT2D eigenvalue weighted by atomic mass is 32.1. The third-order valence-electron chi connectivity index (χ3n) is 3.77. The zero-order valence-corrected chi connectivity index (χ0v) is 12.2. The number of methoxy groups -OCH3 is 1.